The van der Waals surface area contributed by atoms with E-state index in [-0.39, 0.29) is 0 Å². The van der Waals surface area contributed by atoms with E-state index in [0.29, 0.717) is 78.9 Å². The number of hydrogen-bond acceptors (Lipinski definition) is 8. The quantitative estimate of drug-likeness (QED) is 0.374. The number of nitrogens with zero attached hydrogens (tertiary/aromatic N) is 4. The Bertz CT molecular complexity index is 651. The first-order valence-electron chi connectivity index (χ1n) is 11.5. The fourth-order valence-electron chi connectivity index (χ4n) is 3.80. The van der Waals surface area contributed by atoms with Crippen molar-refractivity contribution in [1.82, 2.24) is 30.5 Å². The average Bonchev–Trinajstić information content (AvgIpc) is 2.87. The van der Waals surface area contributed by atoms with E-state index in [1.54, 1.807) is 0 Å². The maximum Gasteiger partial charge on any atom is 0.339 e. The van der Waals surface area contributed by atoms with Gasteiger partial charge in [-0.15, -0.1) is 0 Å². The maximum absolute atomic E-state index is 13.2. The fraction of sp³-hybridized carbons (Fsp3) is 0.850. The van der Waals surface area contributed by atoms with Crippen molar-refractivity contribution in [3.63, 3.8) is 0 Å². The fourth-order valence-corrected chi connectivity index (χ4v) is 3.80. The summed E-state index contributed by atoms with van der Waals surface area (Å²) in [6.45, 7) is 8.54. The number of morpholine rings is 3. The van der Waals surface area contributed by atoms with Gasteiger partial charge in [0.15, 0.2) is 6.10 Å². The molecule has 0 aliphatic carbocycles. The van der Waals surface area contributed by atoms with Gasteiger partial charge in [0, 0.05) is 52.4 Å². The lowest BCUT2D eigenvalue weighted by atomic mass is 10.1. The molecule has 3 heterocycles. The molecule has 0 aromatic rings. The lowest BCUT2D eigenvalue weighted by Crippen LogP contribution is -2.64. The second-order valence-electron chi connectivity index (χ2n) is 8.20. The summed E-state index contributed by atoms with van der Waals surface area (Å²) in [5.41, 5.74) is 2.60. The summed E-state index contributed by atoms with van der Waals surface area (Å²) in [6, 6.07) is -1.96. The number of ether oxygens (including phenoxy) is 3. The molecule has 188 valence electrons. The predicted molar refractivity (Wildman–Crippen MR) is 116 cm³/mol. The zero-order valence-electron chi connectivity index (χ0n) is 19.2. The molecule has 0 saturated carbocycles. The Kier molecular flexibility index (Phi) is 9.94. The Balaban J connectivity index is 1.59. The maximum atomic E-state index is 13.2. The van der Waals surface area contributed by atoms with Crippen molar-refractivity contribution in [2.24, 2.45) is 0 Å². The van der Waals surface area contributed by atoms with Crippen molar-refractivity contribution >= 4 is 18.0 Å². The van der Waals surface area contributed by atoms with Gasteiger partial charge >= 0.3 is 12.1 Å². The Morgan fingerprint density at radius 1 is 0.879 bits per heavy atom. The molecule has 13 heteroatoms. The molecule has 5 amide bonds. The molecule has 3 aliphatic heterocycles. The van der Waals surface area contributed by atoms with E-state index in [1.807, 2.05) is 0 Å². The van der Waals surface area contributed by atoms with E-state index in [1.165, 1.54) is 16.7 Å². The molecule has 1 unspecified atom stereocenters. The number of aliphatic hydroxyl groups excluding tert-OH is 1. The highest BCUT2D eigenvalue weighted by molar-refractivity contribution is 5.84. The molecule has 2 atom stereocenters. The standard InChI is InChI=1S/C20H36N6O7/c1-16(17(27)18(28)21-2-3-23-4-10-31-11-5-23)26(20(30)25-8-14-33-15-9-25)22-19(29)24-6-12-32-13-7-24/h16-17,27H,2-15H2,1H3,(H,21,28)(H,22,29)/t16-,17?/m1/s1. The van der Waals surface area contributed by atoms with Crippen molar-refractivity contribution in [1.29, 1.82) is 0 Å². The molecule has 33 heavy (non-hydrogen) atoms. The first-order valence-corrected chi connectivity index (χ1v) is 11.5. The van der Waals surface area contributed by atoms with Crippen LogP contribution >= 0.6 is 0 Å². The summed E-state index contributed by atoms with van der Waals surface area (Å²) in [7, 11) is 0. The van der Waals surface area contributed by atoms with E-state index in [2.05, 4.69) is 15.6 Å². The summed E-state index contributed by atoms with van der Waals surface area (Å²) in [4.78, 5) is 43.8. The molecule has 3 N–H and O–H groups in total. The number of hydrogen-bond donors (Lipinski definition) is 3. The summed E-state index contributed by atoms with van der Waals surface area (Å²) >= 11 is 0. The third-order valence-corrected chi connectivity index (χ3v) is 5.97. The summed E-state index contributed by atoms with van der Waals surface area (Å²) in [5.74, 6) is -0.601. The number of aliphatic hydroxyl groups is 1. The van der Waals surface area contributed by atoms with Crippen molar-refractivity contribution in [3.8, 4) is 0 Å². The van der Waals surface area contributed by atoms with Gasteiger partial charge in [0.2, 0.25) is 0 Å². The van der Waals surface area contributed by atoms with Crippen LogP contribution in [0, 0.1) is 0 Å². The van der Waals surface area contributed by atoms with Gasteiger partial charge in [-0.3, -0.25) is 9.69 Å². The van der Waals surface area contributed by atoms with Crippen LogP contribution in [-0.2, 0) is 19.0 Å². The zero-order chi connectivity index (χ0) is 23.6. The minimum absolute atomic E-state index is 0.358. The van der Waals surface area contributed by atoms with E-state index < -0.39 is 30.1 Å². The van der Waals surface area contributed by atoms with Gasteiger partial charge in [-0.2, -0.15) is 0 Å². The third kappa shape index (κ3) is 7.40. The number of rotatable bonds is 6. The Morgan fingerprint density at radius 3 is 1.97 bits per heavy atom. The predicted octanol–water partition coefficient (Wildman–Crippen LogP) is -2.10. The topological polar surface area (TPSA) is 136 Å². The van der Waals surface area contributed by atoms with E-state index >= 15 is 0 Å². The molecule has 3 fully saturated rings. The minimum atomic E-state index is -1.52. The summed E-state index contributed by atoms with van der Waals surface area (Å²) in [5, 5.41) is 14.5. The number of carbonyl (C=O) groups is 3. The molecule has 3 aliphatic rings. The molecule has 0 aromatic heterocycles. The number of amides is 5. The van der Waals surface area contributed by atoms with Crippen molar-refractivity contribution in [3.05, 3.63) is 0 Å². The van der Waals surface area contributed by atoms with E-state index in [0.717, 1.165) is 18.1 Å². The van der Waals surface area contributed by atoms with Gasteiger partial charge in [0.05, 0.1) is 45.7 Å². The Labute approximate surface area is 193 Å². The lowest BCUT2D eigenvalue weighted by molar-refractivity contribution is -0.132. The second-order valence-corrected chi connectivity index (χ2v) is 8.20. The number of hydrazine groups is 1. The van der Waals surface area contributed by atoms with Gasteiger partial charge in [-0.05, 0) is 6.92 Å². The first-order chi connectivity index (χ1) is 16.0. The van der Waals surface area contributed by atoms with Crippen LogP contribution in [0.25, 0.3) is 0 Å². The number of carbonyl (C=O) groups excluding carboxylic acids is 3. The second kappa shape index (κ2) is 12.9. The molecule has 0 radical (unpaired) electrons. The molecule has 3 saturated heterocycles. The van der Waals surface area contributed by atoms with Crippen molar-refractivity contribution < 1.29 is 33.7 Å². The first kappa shape index (κ1) is 25.4. The SMILES string of the molecule is C[C@H](C(O)C(=O)NCCN1CCOCC1)N(NC(=O)N1CCOCC1)C(=O)N1CCOCC1. The smallest absolute Gasteiger partial charge is 0.339 e. The molecule has 0 spiro atoms. The summed E-state index contributed by atoms with van der Waals surface area (Å²) < 4.78 is 15.9. The highest BCUT2D eigenvalue weighted by atomic mass is 16.5. The van der Waals surface area contributed by atoms with Gasteiger partial charge in [-0.25, -0.2) is 20.0 Å². The largest absolute Gasteiger partial charge is 0.381 e. The average molecular weight is 473 g/mol. The lowest BCUT2D eigenvalue weighted by Gasteiger charge is -2.38. The molecular formula is C20H36N6O7. The van der Waals surface area contributed by atoms with Gasteiger partial charge in [0.25, 0.3) is 5.91 Å². The normalized spacial score (nSPS) is 21.8. The van der Waals surface area contributed by atoms with E-state index in [4.69, 9.17) is 14.2 Å². The van der Waals surface area contributed by atoms with Crippen LogP contribution in [0.2, 0.25) is 0 Å². The van der Waals surface area contributed by atoms with Gasteiger partial charge in [-0.1, -0.05) is 0 Å². The molecule has 3 rings (SSSR count). The number of urea groups is 2. The van der Waals surface area contributed by atoms with Crippen LogP contribution in [0.4, 0.5) is 9.59 Å². The van der Waals surface area contributed by atoms with Crippen LogP contribution in [0.5, 0.6) is 0 Å². The molecule has 13 nitrogen and oxygen atoms in total. The van der Waals surface area contributed by atoms with Crippen LogP contribution in [0.1, 0.15) is 6.92 Å². The van der Waals surface area contributed by atoms with Crippen molar-refractivity contribution in [2.75, 3.05) is 92.0 Å². The van der Waals surface area contributed by atoms with Crippen LogP contribution < -0.4 is 10.7 Å². The highest BCUT2D eigenvalue weighted by Gasteiger charge is 2.35. The summed E-state index contributed by atoms with van der Waals surface area (Å²) in [6.07, 6.45) is -1.52. The molecule has 0 bridgehead atoms. The monoisotopic (exact) mass is 472 g/mol. The molecule has 0 aromatic carbocycles. The van der Waals surface area contributed by atoms with Gasteiger partial charge in [0.1, 0.15) is 0 Å². The van der Waals surface area contributed by atoms with E-state index in [9.17, 15) is 19.5 Å². The Morgan fingerprint density at radius 2 is 1.39 bits per heavy atom. The highest BCUT2D eigenvalue weighted by Crippen LogP contribution is 2.10. The van der Waals surface area contributed by atoms with Gasteiger partial charge < -0.3 is 34.4 Å². The Hall–Kier alpha value is -2.19. The van der Waals surface area contributed by atoms with Crippen LogP contribution in [0.3, 0.4) is 0 Å². The number of nitrogens with one attached hydrogen (secondary N) is 2. The van der Waals surface area contributed by atoms with Crippen LogP contribution in [0.15, 0.2) is 0 Å². The van der Waals surface area contributed by atoms with Crippen LogP contribution in [-0.4, -0.2) is 147 Å². The molecular weight excluding hydrogens is 436 g/mol. The zero-order valence-corrected chi connectivity index (χ0v) is 19.2. The minimum Gasteiger partial charge on any atom is -0.381 e. The van der Waals surface area contributed by atoms with Crippen molar-refractivity contribution in [2.45, 2.75) is 19.1 Å². The third-order valence-electron chi connectivity index (χ3n) is 5.97.